The van der Waals surface area contributed by atoms with Crippen molar-refractivity contribution < 1.29 is 31.8 Å². The van der Waals surface area contributed by atoms with Crippen LogP contribution in [-0.2, 0) is 32.7 Å². The van der Waals surface area contributed by atoms with Gasteiger partial charge in [0.15, 0.2) is 0 Å². The lowest BCUT2D eigenvalue weighted by atomic mass is 10.1. The first-order valence-corrected chi connectivity index (χ1v) is 14.5. The Labute approximate surface area is 218 Å². The number of anilines is 1. The zero-order chi connectivity index (χ0) is 26.6. The number of carboxylic acid groups (broad SMARTS) is 1. The van der Waals surface area contributed by atoms with E-state index in [1.54, 1.807) is 29.2 Å². The number of nitrogens with zero attached hydrogens (tertiary/aromatic N) is 3. The molecule has 198 valence electrons. The van der Waals surface area contributed by atoms with Crippen LogP contribution in [0.5, 0.6) is 5.75 Å². The second-order valence-corrected chi connectivity index (χ2v) is 11.6. The predicted molar refractivity (Wildman–Crippen MR) is 140 cm³/mol. The molecule has 0 aliphatic carbocycles. The van der Waals surface area contributed by atoms with Crippen LogP contribution >= 0.6 is 0 Å². The lowest BCUT2D eigenvalue weighted by molar-refractivity contribution is -0.143. The molecule has 0 amide bonds. The van der Waals surface area contributed by atoms with Crippen LogP contribution in [0.2, 0.25) is 0 Å². The summed E-state index contributed by atoms with van der Waals surface area (Å²) in [4.78, 5) is 13.6. The summed E-state index contributed by atoms with van der Waals surface area (Å²) in [5.41, 5.74) is 1.32. The number of hydrogen-bond donors (Lipinski definition) is 1. The van der Waals surface area contributed by atoms with Crippen molar-refractivity contribution in [2.45, 2.75) is 12.6 Å². The lowest BCUT2D eigenvalue weighted by Crippen LogP contribution is -2.57. The van der Waals surface area contributed by atoms with Crippen molar-refractivity contribution in [1.82, 2.24) is 9.21 Å². The van der Waals surface area contributed by atoms with Crippen molar-refractivity contribution in [1.29, 1.82) is 0 Å². The van der Waals surface area contributed by atoms with Gasteiger partial charge in [-0.15, -0.1) is 0 Å². The summed E-state index contributed by atoms with van der Waals surface area (Å²) in [7, 11) is -3.37. The Kier molecular flexibility index (Phi) is 8.45. The molecular weight excluding hydrogens is 518 g/mol. The van der Waals surface area contributed by atoms with Crippen LogP contribution in [0.25, 0.3) is 10.8 Å². The number of sulfonamides is 1. The molecule has 1 fully saturated rings. The highest BCUT2D eigenvalue weighted by molar-refractivity contribution is 7.88. The van der Waals surface area contributed by atoms with Crippen molar-refractivity contribution in [3.63, 3.8) is 0 Å². The SMILES string of the molecule is CS(=O)(=O)N1CCN([C@@H](CN(c2ccc(OCc3cccc4ccccc34)cc2)S(=O)[O-])C(=O)O)CC1. The first kappa shape index (κ1) is 27.0. The minimum absolute atomic E-state index is 0.145. The summed E-state index contributed by atoms with van der Waals surface area (Å²) in [6.45, 7) is 0.672. The molecule has 10 nitrogen and oxygen atoms in total. The fourth-order valence-corrected chi connectivity index (χ4v) is 5.78. The number of hydrogen-bond acceptors (Lipinski definition) is 7. The van der Waals surface area contributed by atoms with Crippen LogP contribution in [-0.4, -0.2) is 82.5 Å². The first-order chi connectivity index (χ1) is 17.6. The highest BCUT2D eigenvalue weighted by Gasteiger charge is 2.33. The summed E-state index contributed by atoms with van der Waals surface area (Å²) >= 11 is -2.73. The minimum Gasteiger partial charge on any atom is -0.755 e. The standard InChI is InChI=1S/C25H29N3O7S2/c1-37(33,34)27-15-13-26(14-16-27)24(25(29)30)17-28(36(31)32)21-9-11-22(12-10-21)35-18-20-7-4-6-19-5-2-3-8-23(19)20/h2-12,24H,13-18H2,1H3,(H,29,30)(H,31,32)/p-1/t24-/m0/s1. The maximum atomic E-state index is 12.0. The van der Waals surface area contributed by atoms with Gasteiger partial charge in [0.1, 0.15) is 18.4 Å². The quantitative estimate of drug-likeness (QED) is 0.383. The average molecular weight is 547 g/mol. The van der Waals surface area contributed by atoms with Crippen molar-refractivity contribution in [3.8, 4) is 5.75 Å². The van der Waals surface area contributed by atoms with Crippen LogP contribution in [0.4, 0.5) is 5.69 Å². The molecule has 2 atom stereocenters. The Hall–Kier alpha value is -3.03. The molecule has 0 bridgehead atoms. The van der Waals surface area contributed by atoms with Gasteiger partial charge in [0.2, 0.25) is 10.0 Å². The zero-order valence-corrected chi connectivity index (χ0v) is 21.9. The molecule has 1 aliphatic heterocycles. The van der Waals surface area contributed by atoms with Gasteiger partial charge in [-0.2, -0.15) is 4.31 Å². The highest BCUT2D eigenvalue weighted by atomic mass is 32.2. The van der Waals surface area contributed by atoms with Crippen molar-refractivity contribution in [3.05, 3.63) is 72.3 Å². The smallest absolute Gasteiger partial charge is 0.322 e. The van der Waals surface area contributed by atoms with Gasteiger partial charge in [0.05, 0.1) is 12.8 Å². The number of piperazine rings is 1. The fourth-order valence-electron chi connectivity index (χ4n) is 4.39. The minimum atomic E-state index is -3.37. The Morgan fingerprint density at radius 3 is 2.32 bits per heavy atom. The van der Waals surface area contributed by atoms with Gasteiger partial charge >= 0.3 is 5.97 Å². The van der Waals surface area contributed by atoms with E-state index in [1.165, 1.54) is 4.31 Å². The van der Waals surface area contributed by atoms with Gasteiger partial charge in [-0.25, -0.2) is 8.42 Å². The summed E-state index contributed by atoms with van der Waals surface area (Å²) in [6, 6.07) is 19.2. The maximum Gasteiger partial charge on any atom is 0.322 e. The molecule has 0 aromatic heterocycles. The van der Waals surface area contributed by atoms with Crippen molar-refractivity contribution in [2.24, 2.45) is 0 Å². The Bertz CT molecular complexity index is 1370. The molecule has 3 aromatic carbocycles. The third-order valence-electron chi connectivity index (χ3n) is 6.39. The van der Waals surface area contributed by atoms with Gasteiger partial charge in [0, 0.05) is 43.1 Å². The number of benzene rings is 3. The molecule has 3 aromatic rings. The molecule has 1 saturated heterocycles. The van der Waals surface area contributed by atoms with E-state index in [0.29, 0.717) is 18.0 Å². The van der Waals surface area contributed by atoms with Crippen molar-refractivity contribution >= 4 is 43.7 Å². The van der Waals surface area contributed by atoms with Crippen molar-refractivity contribution in [2.75, 3.05) is 43.3 Å². The Balaban J connectivity index is 1.43. The van der Waals surface area contributed by atoms with E-state index in [9.17, 15) is 27.1 Å². The van der Waals surface area contributed by atoms with E-state index >= 15 is 0 Å². The lowest BCUT2D eigenvalue weighted by Gasteiger charge is -2.39. The topological polar surface area (TPSA) is 131 Å². The molecule has 0 saturated carbocycles. The first-order valence-electron chi connectivity index (χ1n) is 11.6. The molecule has 1 N–H and O–H groups in total. The second-order valence-electron chi connectivity index (χ2n) is 8.75. The molecule has 1 unspecified atom stereocenters. The van der Waals surface area contributed by atoms with Gasteiger partial charge in [-0.1, -0.05) is 42.5 Å². The summed E-state index contributed by atoms with van der Waals surface area (Å²) in [6.07, 6.45) is 1.11. The Morgan fingerprint density at radius 2 is 1.70 bits per heavy atom. The van der Waals surface area contributed by atoms with Crippen LogP contribution in [0.3, 0.4) is 0 Å². The van der Waals surface area contributed by atoms with Gasteiger partial charge in [0.25, 0.3) is 0 Å². The molecule has 0 spiro atoms. The van der Waals surface area contributed by atoms with E-state index in [-0.39, 0.29) is 32.7 Å². The molecule has 1 aliphatic rings. The van der Waals surface area contributed by atoms with E-state index in [0.717, 1.165) is 26.9 Å². The zero-order valence-electron chi connectivity index (χ0n) is 20.2. The molecule has 12 heteroatoms. The summed E-state index contributed by atoms with van der Waals surface area (Å²) in [5, 5.41) is 12.0. The maximum absolute atomic E-state index is 12.0. The summed E-state index contributed by atoms with van der Waals surface area (Å²) in [5.74, 6) is -0.640. The van der Waals surface area contributed by atoms with Crippen LogP contribution in [0, 0.1) is 0 Å². The van der Waals surface area contributed by atoms with Gasteiger partial charge in [-0.05, 0) is 40.6 Å². The van der Waals surface area contributed by atoms with Crippen LogP contribution in [0.15, 0.2) is 66.7 Å². The predicted octanol–water partition coefficient (Wildman–Crippen LogP) is 2.05. The largest absolute Gasteiger partial charge is 0.755 e. The Morgan fingerprint density at radius 1 is 1.05 bits per heavy atom. The number of rotatable bonds is 10. The number of carboxylic acids is 1. The average Bonchev–Trinajstić information content (AvgIpc) is 2.87. The third kappa shape index (κ3) is 6.65. The molecule has 0 radical (unpaired) electrons. The number of carbonyl (C=O) groups is 1. The van der Waals surface area contributed by atoms with E-state index in [4.69, 9.17) is 4.74 Å². The van der Waals surface area contributed by atoms with E-state index in [2.05, 4.69) is 0 Å². The molecule has 4 rings (SSSR count). The highest BCUT2D eigenvalue weighted by Crippen LogP contribution is 2.24. The van der Waals surface area contributed by atoms with Gasteiger partial charge < -0.3 is 18.7 Å². The second kappa shape index (κ2) is 11.6. The van der Waals surface area contributed by atoms with E-state index in [1.807, 2.05) is 42.5 Å². The van der Waals surface area contributed by atoms with Gasteiger partial charge in [-0.3, -0.25) is 13.9 Å². The third-order valence-corrected chi connectivity index (χ3v) is 8.41. The number of aliphatic carboxylic acids is 1. The van der Waals surface area contributed by atoms with Crippen LogP contribution < -0.4 is 9.04 Å². The molecular formula is C25H28N3O7S2-. The monoisotopic (exact) mass is 546 g/mol. The number of fused-ring (bicyclic) bond motifs is 1. The van der Waals surface area contributed by atoms with E-state index < -0.39 is 33.3 Å². The fraction of sp³-hybridized carbons (Fsp3) is 0.320. The normalized spacial score (nSPS) is 16.8. The summed E-state index contributed by atoms with van der Waals surface area (Å²) < 4.78 is 55.8. The number of ether oxygens (including phenoxy) is 1. The molecule has 37 heavy (non-hydrogen) atoms. The van der Waals surface area contributed by atoms with Crippen LogP contribution in [0.1, 0.15) is 5.56 Å². The molecule has 1 heterocycles.